The predicted octanol–water partition coefficient (Wildman–Crippen LogP) is 15.9. The van der Waals surface area contributed by atoms with E-state index in [1.807, 2.05) is 0 Å². The molecule has 0 heterocycles. The van der Waals surface area contributed by atoms with Gasteiger partial charge in [-0.1, -0.05) is 188 Å². The molecule has 0 radical (unpaired) electrons. The number of fused-ring (bicyclic) bond motifs is 13. The monoisotopic (exact) mass is 785 g/mol. The average molecular weight is 786 g/mol. The Morgan fingerprint density at radius 2 is 0.806 bits per heavy atom. The zero-order valence-corrected chi connectivity index (χ0v) is 34.1. The van der Waals surface area contributed by atoms with Crippen molar-refractivity contribution >= 4 is 16.9 Å². The van der Waals surface area contributed by atoms with Gasteiger partial charge in [0, 0.05) is 16.9 Å². The molecule has 9 aromatic rings. The lowest BCUT2D eigenvalue weighted by atomic mass is 9.68. The first kappa shape index (κ1) is 34.0. The van der Waals surface area contributed by atoms with Crippen LogP contribution in [0.3, 0.4) is 0 Å². The molecule has 1 nitrogen and oxygen atoms in total. The molecule has 14 rings (SSSR count). The molecule has 288 valence electrons. The normalized spacial score (nSPS) is 14.8. The predicted molar refractivity (Wildman–Crippen MR) is 257 cm³/mol. The highest BCUT2D eigenvalue weighted by atomic mass is 15.2. The first-order valence-corrected chi connectivity index (χ1v) is 22.0. The van der Waals surface area contributed by atoms with Crippen LogP contribution < -0.4 is 4.90 Å². The first-order valence-electron chi connectivity index (χ1n) is 22.0. The molecule has 1 spiro atoms. The molecule has 0 amide bonds. The summed E-state index contributed by atoms with van der Waals surface area (Å²) in [7, 11) is 0. The molecule has 0 unspecified atom stereocenters. The lowest BCUT2D eigenvalue weighted by Gasteiger charge is -2.36. The standard InChI is InChI=1S/C61H39N/c1-2-15-38(16-3-1)39-31-33-40(34-32-39)62(41-35-36-43-48-23-13-24-49-50-25-12-22-47(59(50)52(43)37-41)42-17-4-5-20-46(42)58(48)49)57-30-14-29-56-60(57)51-21-8-11-28-55(51)61(56)53-26-9-6-18-44(53)45-19-7-10-27-54(45)61/h1-13,15-28,30-37H,14,29H2. The van der Waals surface area contributed by atoms with E-state index in [1.165, 1.54) is 117 Å². The number of hydrogen-bond acceptors (Lipinski definition) is 1. The minimum absolute atomic E-state index is 0.353. The van der Waals surface area contributed by atoms with Crippen LogP contribution in [0.15, 0.2) is 224 Å². The Hall–Kier alpha value is -7.74. The van der Waals surface area contributed by atoms with Gasteiger partial charge < -0.3 is 4.90 Å². The van der Waals surface area contributed by atoms with Crippen molar-refractivity contribution < 1.29 is 0 Å². The fourth-order valence-electron chi connectivity index (χ4n) is 12.1. The molecule has 6 bridgehead atoms. The van der Waals surface area contributed by atoms with Gasteiger partial charge in [0.2, 0.25) is 0 Å². The zero-order chi connectivity index (χ0) is 40.5. The van der Waals surface area contributed by atoms with Crippen LogP contribution in [-0.4, -0.2) is 0 Å². The highest BCUT2D eigenvalue weighted by Gasteiger charge is 2.53. The van der Waals surface area contributed by atoms with E-state index < -0.39 is 0 Å². The van der Waals surface area contributed by atoms with E-state index >= 15 is 0 Å². The summed E-state index contributed by atoms with van der Waals surface area (Å²) in [5.74, 6) is 0. The minimum Gasteiger partial charge on any atom is -0.310 e. The Labute approximate surface area is 362 Å². The minimum atomic E-state index is -0.353. The lowest BCUT2D eigenvalue weighted by Crippen LogP contribution is -2.28. The number of anilines is 2. The van der Waals surface area contributed by atoms with Gasteiger partial charge in [0.15, 0.2) is 0 Å². The molecular formula is C61H39N. The van der Waals surface area contributed by atoms with Crippen LogP contribution in [0.25, 0.3) is 83.5 Å². The van der Waals surface area contributed by atoms with Gasteiger partial charge in [-0.05, 0) is 143 Å². The number of allylic oxidation sites excluding steroid dienone is 3. The van der Waals surface area contributed by atoms with E-state index in [1.54, 1.807) is 0 Å². The van der Waals surface area contributed by atoms with Crippen molar-refractivity contribution in [2.75, 3.05) is 4.90 Å². The second-order valence-corrected chi connectivity index (χ2v) is 17.3. The highest BCUT2D eigenvalue weighted by molar-refractivity contribution is 6.15. The van der Waals surface area contributed by atoms with Crippen LogP contribution in [0.5, 0.6) is 0 Å². The smallest absolute Gasteiger partial charge is 0.0689 e. The van der Waals surface area contributed by atoms with E-state index in [-0.39, 0.29) is 5.41 Å². The molecule has 62 heavy (non-hydrogen) atoms. The topological polar surface area (TPSA) is 3.24 Å². The molecule has 0 aliphatic heterocycles. The summed E-state index contributed by atoms with van der Waals surface area (Å²) in [6, 6.07) is 77.7. The largest absolute Gasteiger partial charge is 0.310 e. The van der Waals surface area contributed by atoms with Gasteiger partial charge in [-0.25, -0.2) is 0 Å². The number of hydrogen-bond donors (Lipinski definition) is 0. The Morgan fingerprint density at radius 3 is 1.47 bits per heavy atom. The van der Waals surface area contributed by atoms with Gasteiger partial charge in [0.25, 0.3) is 0 Å². The summed E-state index contributed by atoms with van der Waals surface area (Å²) >= 11 is 0. The molecule has 0 N–H and O–H groups in total. The van der Waals surface area contributed by atoms with Crippen molar-refractivity contribution in [1.82, 2.24) is 0 Å². The van der Waals surface area contributed by atoms with Crippen LogP contribution in [0.4, 0.5) is 11.4 Å². The SMILES string of the molecule is C1=C(N(c2ccc(-c3ccccc3)cc2)c2ccc3c(c2)-c2c4cccc2-c2cccc-3c2-c2ccccc2-4)C2=C(CC1)C1(c3ccccc32)c2ccccc2-c2ccccc21. The van der Waals surface area contributed by atoms with Gasteiger partial charge in [0.05, 0.1) is 11.1 Å². The molecule has 1 heteroatoms. The van der Waals surface area contributed by atoms with Crippen molar-refractivity contribution in [1.29, 1.82) is 0 Å². The van der Waals surface area contributed by atoms with E-state index in [4.69, 9.17) is 0 Å². The molecular weight excluding hydrogens is 747 g/mol. The second-order valence-electron chi connectivity index (χ2n) is 17.3. The maximum atomic E-state index is 2.58. The number of nitrogens with zero attached hydrogens (tertiary/aromatic N) is 1. The molecule has 0 saturated carbocycles. The summed E-state index contributed by atoms with van der Waals surface area (Å²) in [6.07, 6.45) is 4.48. The molecule has 5 aliphatic carbocycles. The van der Waals surface area contributed by atoms with Crippen LogP contribution >= 0.6 is 0 Å². The van der Waals surface area contributed by atoms with Crippen molar-refractivity contribution in [3.05, 3.63) is 246 Å². The van der Waals surface area contributed by atoms with E-state index in [2.05, 4.69) is 217 Å². The first-order chi connectivity index (χ1) is 30.8. The van der Waals surface area contributed by atoms with Crippen LogP contribution in [0, 0.1) is 0 Å². The maximum Gasteiger partial charge on any atom is 0.0689 e. The van der Waals surface area contributed by atoms with Gasteiger partial charge in [-0.2, -0.15) is 0 Å². The van der Waals surface area contributed by atoms with Gasteiger partial charge in [0.1, 0.15) is 0 Å². The van der Waals surface area contributed by atoms with Crippen LogP contribution in [0.2, 0.25) is 0 Å². The Kier molecular flexibility index (Phi) is 6.94. The van der Waals surface area contributed by atoms with Crippen molar-refractivity contribution in [2.45, 2.75) is 18.3 Å². The molecule has 0 aromatic heterocycles. The van der Waals surface area contributed by atoms with Crippen LogP contribution in [0.1, 0.15) is 35.1 Å². The zero-order valence-electron chi connectivity index (χ0n) is 34.1. The van der Waals surface area contributed by atoms with Gasteiger partial charge in [-0.3, -0.25) is 0 Å². The van der Waals surface area contributed by atoms with Crippen molar-refractivity contribution in [2.24, 2.45) is 0 Å². The van der Waals surface area contributed by atoms with Crippen molar-refractivity contribution in [3.63, 3.8) is 0 Å². The Balaban J connectivity index is 1.03. The lowest BCUT2D eigenvalue weighted by molar-refractivity contribution is 0.711. The summed E-state index contributed by atoms with van der Waals surface area (Å²) < 4.78 is 0. The number of benzene rings is 9. The van der Waals surface area contributed by atoms with Gasteiger partial charge >= 0.3 is 0 Å². The summed E-state index contributed by atoms with van der Waals surface area (Å²) in [5, 5.41) is 0. The summed E-state index contributed by atoms with van der Waals surface area (Å²) in [6.45, 7) is 0. The summed E-state index contributed by atoms with van der Waals surface area (Å²) in [4.78, 5) is 2.58. The fourth-order valence-corrected chi connectivity index (χ4v) is 12.1. The third kappa shape index (κ3) is 4.37. The van der Waals surface area contributed by atoms with E-state index in [0.717, 1.165) is 24.2 Å². The third-order valence-corrected chi connectivity index (χ3v) is 14.5. The van der Waals surface area contributed by atoms with Crippen LogP contribution in [-0.2, 0) is 5.41 Å². The summed E-state index contributed by atoms with van der Waals surface area (Å²) in [5.41, 5.74) is 29.8. The third-order valence-electron chi connectivity index (χ3n) is 14.5. The maximum absolute atomic E-state index is 2.58. The fraction of sp³-hybridized carbons (Fsp3) is 0.0492. The molecule has 0 fully saturated rings. The Morgan fingerprint density at radius 1 is 0.339 bits per heavy atom. The molecule has 0 atom stereocenters. The average Bonchev–Trinajstić information content (AvgIpc) is 3.78. The second kappa shape index (κ2) is 12.6. The number of rotatable bonds is 4. The molecule has 5 aliphatic rings. The van der Waals surface area contributed by atoms with Crippen molar-refractivity contribution in [3.8, 4) is 77.9 Å². The van der Waals surface area contributed by atoms with Gasteiger partial charge in [-0.15, -0.1) is 0 Å². The van der Waals surface area contributed by atoms with E-state index in [0.29, 0.717) is 0 Å². The highest BCUT2D eigenvalue weighted by Crippen LogP contribution is 2.65. The Bertz CT molecular complexity index is 3380. The molecule has 9 aromatic carbocycles. The molecule has 0 saturated heterocycles. The quantitative estimate of drug-likeness (QED) is 0.172. The van der Waals surface area contributed by atoms with E-state index in [9.17, 15) is 0 Å².